The molecule has 0 aromatic carbocycles. The first-order chi connectivity index (χ1) is 12.3. The van der Waals surface area contributed by atoms with Crippen molar-refractivity contribution in [1.29, 1.82) is 0 Å². The number of aromatic nitrogens is 2. The van der Waals surface area contributed by atoms with Gasteiger partial charge in [-0.15, -0.1) is 0 Å². The van der Waals surface area contributed by atoms with Crippen LogP contribution in [0.25, 0.3) is 16.6 Å². The highest BCUT2D eigenvalue weighted by Crippen LogP contribution is 2.29. The Morgan fingerprint density at radius 3 is 2.96 bits per heavy atom. The van der Waals surface area contributed by atoms with Crippen molar-refractivity contribution < 1.29 is 4.79 Å². The van der Waals surface area contributed by atoms with Crippen LogP contribution in [0.2, 0.25) is 0 Å². The van der Waals surface area contributed by atoms with Gasteiger partial charge in [0.2, 0.25) is 5.91 Å². The van der Waals surface area contributed by atoms with Crippen LogP contribution in [-0.2, 0) is 4.79 Å². The molecule has 1 aliphatic carbocycles. The predicted octanol–water partition coefficient (Wildman–Crippen LogP) is 4.54. The fourth-order valence-electron chi connectivity index (χ4n) is 4.30. The van der Waals surface area contributed by atoms with Crippen molar-refractivity contribution in [3.8, 4) is 0 Å². The molecule has 4 rings (SSSR count). The van der Waals surface area contributed by atoms with Gasteiger partial charge in [0.15, 0.2) is 0 Å². The summed E-state index contributed by atoms with van der Waals surface area (Å²) >= 11 is 0. The van der Waals surface area contributed by atoms with Crippen molar-refractivity contribution in [2.45, 2.75) is 51.4 Å². The number of hydrogen-bond donors (Lipinski definition) is 1. The Morgan fingerprint density at radius 2 is 2.16 bits per heavy atom. The van der Waals surface area contributed by atoms with E-state index in [2.05, 4.69) is 22.1 Å². The van der Waals surface area contributed by atoms with E-state index in [0.29, 0.717) is 5.91 Å². The first kappa shape index (κ1) is 16.4. The maximum Gasteiger partial charge on any atom is 0.222 e. The summed E-state index contributed by atoms with van der Waals surface area (Å²) < 4.78 is 0. The van der Waals surface area contributed by atoms with Crippen molar-refractivity contribution in [2.75, 3.05) is 13.1 Å². The zero-order valence-electron chi connectivity index (χ0n) is 14.8. The van der Waals surface area contributed by atoms with Crippen molar-refractivity contribution >= 4 is 22.5 Å². The highest BCUT2D eigenvalue weighted by molar-refractivity contribution is 5.90. The van der Waals surface area contributed by atoms with Gasteiger partial charge in [-0.1, -0.05) is 38.2 Å². The largest absolute Gasteiger partial charge is 0.359 e. The van der Waals surface area contributed by atoms with Crippen molar-refractivity contribution in [1.82, 2.24) is 14.9 Å². The summed E-state index contributed by atoms with van der Waals surface area (Å²) in [5, 5.41) is 0. The molecule has 0 spiro atoms. The van der Waals surface area contributed by atoms with E-state index in [1.165, 1.54) is 43.2 Å². The molecule has 1 saturated carbocycles. The number of amides is 1. The van der Waals surface area contributed by atoms with Crippen molar-refractivity contribution in [3.63, 3.8) is 0 Å². The molecular weight excluding hydrogens is 310 g/mol. The van der Waals surface area contributed by atoms with Gasteiger partial charge in [-0.3, -0.25) is 9.78 Å². The van der Waals surface area contributed by atoms with Crippen LogP contribution in [0, 0.1) is 5.92 Å². The number of fused-ring (bicyclic) bond motifs is 1. The van der Waals surface area contributed by atoms with Gasteiger partial charge >= 0.3 is 0 Å². The van der Waals surface area contributed by atoms with Crippen LogP contribution in [0.15, 0.2) is 30.6 Å². The number of carbonyl (C=O) groups excluding carboxylic acids is 1. The normalized spacial score (nSPS) is 19.2. The molecule has 1 aliphatic heterocycles. The van der Waals surface area contributed by atoms with E-state index < -0.39 is 0 Å². The first-order valence-corrected chi connectivity index (χ1v) is 9.70. The number of aromatic amines is 1. The fourth-order valence-corrected chi connectivity index (χ4v) is 4.30. The third kappa shape index (κ3) is 3.63. The molecule has 1 amide bonds. The number of H-pyrrole nitrogens is 1. The van der Waals surface area contributed by atoms with Crippen molar-refractivity contribution in [2.24, 2.45) is 5.92 Å². The van der Waals surface area contributed by atoms with E-state index in [1.807, 2.05) is 23.4 Å². The smallest absolute Gasteiger partial charge is 0.222 e. The molecular formula is C21H27N3O. The lowest BCUT2D eigenvalue weighted by atomic mass is 9.86. The molecule has 132 valence electrons. The Bertz CT molecular complexity index is 770. The Morgan fingerprint density at radius 1 is 1.28 bits per heavy atom. The topological polar surface area (TPSA) is 49.0 Å². The summed E-state index contributed by atoms with van der Waals surface area (Å²) in [5.74, 6) is 1.11. The number of rotatable bonds is 4. The van der Waals surface area contributed by atoms with E-state index in [-0.39, 0.29) is 0 Å². The average molecular weight is 337 g/mol. The predicted molar refractivity (Wildman–Crippen MR) is 101 cm³/mol. The zero-order chi connectivity index (χ0) is 17.1. The molecule has 0 radical (unpaired) electrons. The van der Waals surface area contributed by atoms with Crippen molar-refractivity contribution in [3.05, 3.63) is 36.2 Å². The SMILES string of the molecule is O=C(CCC1CCCCC1)N1CC=C(c2c[nH]c3cccnc23)CC1. The van der Waals surface area contributed by atoms with Crippen LogP contribution < -0.4 is 0 Å². The molecule has 2 aromatic heterocycles. The molecule has 4 nitrogen and oxygen atoms in total. The monoisotopic (exact) mass is 337 g/mol. The maximum atomic E-state index is 12.5. The average Bonchev–Trinajstić information content (AvgIpc) is 3.11. The van der Waals surface area contributed by atoms with E-state index in [0.717, 1.165) is 49.3 Å². The molecule has 25 heavy (non-hydrogen) atoms. The summed E-state index contributed by atoms with van der Waals surface area (Å²) in [4.78, 5) is 22.3. The number of pyridine rings is 1. The van der Waals surface area contributed by atoms with Crippen LogP contribution in [0.4, 0.5) is 0 Å². The second kappa shape index (κ2) is 7.42. The fraction of sp³-hybridized carbons (Fsp3) is 0.524. The Hall–Kier alpha value is -2.10. The van der Waals surface area contributed by atoms with E-state index in [4.69, 9.17) is 0 Å². The van der Waals surface area contributed by atoms with Crippen LogP contribution in [0.1, 0.15) is 56.9 Å². The molecule has 1 N–H and O–H groups in total. The Kier molecular flexibility index (Phi) is 4.86. The third-order valence-electron chi connectivity index (χ3n) is 5.83. The molecule has 0 saturated heterocycles. The second-order valence-electron chi connectivity index (χ2n) is 7.46. The summed E-state index contributed by atoms with van der Waals surface area (Å²) in [5.41, 5.74) is 4.60. The molecule has 0 bridgehead atoms. The summed E-state index contributed by atoms with van der Waals surface area (Å²) in [6.07, 6.45) is 15.6. The van der Waals surface area contributed by atoms with Gasteiger partial charge < -0.3 is 9.88 Å². The van der Waals surface area contributed by atoms with Gasteiger partial charge in [-0.2, -0.15) is 0 Å². The Balaban J connectivity index is 1.36. The molecule has 2 aliphatic rings. The van der Waals surface area contributed by atoms with Gasteiger partial charge in [0.05, 0.1) is 11.0 Å². The molecule has 0 unspecified atom stereocenters. The number of carbonyl (C=O) groups is 1. The minimum Gasteiger partial charge on any atom is -0.359 e. The van der Waals surface area contributed by atoms with Crippen LogP contribution in [0.3, 0.4) is 0 Å². The van der Waals surface area contributed by atoms with Gasteiger partial charge in [0, 0.05) is 37.5 Å². The lowest BCUT2D eigenvalue weighted by molar-refractivity contribution is -0.131. The number of nitrogens with one attached hydrogen (secondary N) is 1. The Labute approximate surface area is 149 Å². The molecule has 3 heterocycles. The minimum absolute atomic E-state index is 0.331. The zero-order valence-corrected chi connectivity index (χ0v) is 14.8. The third-order valence-corrected chi connectivity index (χ3v) is 5.83. The van der Waals surface area contributed by atoms with Gasteiger partial charge in [0.1, 0.15) is 0 Å². The van der Waals surface area contributed by atoms with Crippen LogP contribution in [-0.4, -0.2) is 33.9 Å². The molecule has 0 atom stereocenters. The van der Waals surface area contributed by atoms with Gasteiger partial charge in [-0.05, 0) is 36.5 Å². The highest BCUT2D eigenvalue weighted by atomic mass is 16.2. The number of hydrogen-bond acceptors (Lipinski definition) is 2. The molecule has 2 aromatic rings. The lowest BCUT2D eigenvalue weighted by Gasteiger charge is -2.28. The van der Waals surface area contributed by atoms with Crippen LogP contribution >= 0.6 is 0 Å². The summed E-state index contributed by atoms with van der Waals surface area (Å²) in [7, 11) is 0. The highest BCUT2D eigenvalue weighted by Gasteiger charge is 2.21. The quantitative estimate of drug-likeness (QED) is 0.890. The van der Waals surface area contributed by atoms with Gasteiger partial charge in [0.25, 0.3) is 0 Å². The summed E-state index contributed by atoms with van der Waals surface area (Å²) in [6, 6.07) is 4.00. The second-order valence-corrected chi connectivity index (χ2v) is 7.46. The van der Waals surface area contributed by atoms with E-state index in [1.54, 1.807) is 0 Å². The molecule has 1 fully saturated rings. The van der Waals surface area contributed by atoms with E-state index >= 15 is 0 Å². The van der Waals surface area contributed by atoms with Gasteiger partial charge in [-0.25, -0.2) is 0 Å². The first-order valence-electron chi connectivity index (χ1n) is 9.70. The van der Waals surface area contributed by atoms with E-state index in [9.17, 15) is 4.79 Å². The minimum atomic E-state index is 0.331. The number of nitrogens with zero attached hydrogens (tertiary/aromatic N) is 2. The van der Waals surface area contributed by atoms with Crippen LogP contribution in [0.5, 0.6) is 0 Å². The maximum absolute atomic E-state index is 12.5. The molecule has 4 heteroatoms. The lowest BCUT2D eigenvalue weighted by Crippen LogP contribution is -2.34. The standard InChI is InChI=1S/C21H27N3O/c25-20(9-8-16-5-2-1-3-6-16)24-13-10-17(11-14-24)18-15-23-19-7-4-12-22-21(18)19/h4,7,10,12,15-16,23H,1-3,5-6,8-9,11,13-14H2. The summed E-state index contributed by atoms with van der Waals surface area (Å²) in [6.45, 7) is 1.56.